The van der Waals surface area contributed by atoms with Crippen molar-refractivity contribution >= 4 is 5.82 Å². The minimum atomic E-state index is -0.384. The Bertz CT molecular complexity index is 346. The first kappa shape index (κ1) is 13.8. The van der Waals surface area contributed by atoms with Crippen LogP contribution in [0.15, 0.2) is 6.33 Å². The fourth-order valence-electron chi connectivity index (χ4n) is 1.36. The third-order valence-electron chi connectivity index (χ3n) is 2.23. The summed E-state index contributed by atoms with van der Waals surface area (Å²) in [5.41, 5.74) is 0.416. The summed E-state index contributed by atoms with van der Waals surface area (Å²) < 4.78 is 13.7. The maximum absolute atomic E-state index is 13.7. The lowest BCUT2D eigenvalue weighted by atomic mass is 10.3. The zero-order chi connectivity index (χ0) is 12.7. The van der Waals surface area contributed by atoms with Crippen molar-refractivity contribution in [1.82, 2.24) is 15.3 Å². The highest BCUT2D eigenvalue weighted by Gasteiger charge is 2.08. The van der Waals surface area contributed by atoms with Gasteiger partial charge in [-0.1, -0.05) is 6.92 Å². The standard InChI is InChI=1S/C11H19FN4O/c1-3-9-10(12)11(16-7-15-9)14-5-4-13-6-8(2)17/h7-8,13,17H,3-6H2,1-2H3,(H,14,15,16). The normalized spacial score (nSPS) is 12.5. The molecule has 0 amide bonds. The average Bonchev–Trinajstić information content (AvgIpc) is 2.30. The van der Waals surface area contributed by atoms with Crippen LogP contribution in [0.2, 0.25) is 0 Å². The molecule has 1 aromatic rings. The van der Waals surface area contributed by atoms with E-state index in [1.807, 2.05) is 6.92 Å². The van der Waals surface area contributed by atoms with Crippen molar-refractivity contribution in [3.05, 3.63) is 17.8 Å². The number of halogens is 1. The predicted octanol–water partition coefficient (Wildman–Crippen LogP) is 0.560. The number of nitrogens with one attached hydrogen (secondary N) is 2. The van der Waals surface area contributed by atoms with E-state index in [1.54, 1.807) is 6.92 Å². The lowest BCUT2D eigenvalue weighted by Crippen LogP contribution is -2.29. The molecule has 1 heterocycles. The van der Waals surface area contributed by atoms with E-state index in [9.17, 15) is 4.39 Å². The summed E-state index contributed by atoms with van der Waals surface area (Å²) in [6.07, 6.45) is 1.52. The lowest BCUT2D eigenvalue weighted by Gasteiger charge is -2.09. The quantitative estimate of drug-likeness (QED) is 0.609. The van der Waals surface area contributed by atoms with Crippen molar-refractivity contribution < 1.29 is 9.50 Å². The summed E-state index contributed by atoms with van der Waals surface area (Å²) in [7, 11) is 0. The molecule has 0 aliphatic rings. The van der Waals surface area contributed by atoms with Crippen molar-refractivity contribution in [1.29, 1.82) is 0 Å². The minimum Gasteiger partial charge on any atom is -0.392 e. The van der Waals surface area contributed by atoms with Gasteiger partial charge in [0, 0.05) is 19.6 Å². The number of hydrogen-bond donors (Lipinski definition) is 3. The molecule has 17 heavy (non-hydrogen) atoms. The van der Waals surface area contributed by atoms with Gasteiger partial charge in [0.05, 0.1) is 11.8 Å². The fraction of sp³-hybridized carbons (Fsp3) is 0.636. The molecule has 0 saturated carbocycles. The molecule has 3 N–H and O–H groups in total. The van der Waals surface area contributed by atoms with E-state index >= 15 is 0 Å². The Morgan fingerprint density at radius 2 is 2.18 bits per heavy atom. The van der Waals surface area contributed by atoms with Gasteiger partial charge in [-0.3, -0.25) is 0 Å². The molecule has 0 radical (unpaired) electrons. The van der Waals surface area contributed by atoms with E-state index in [1.165, 1.54) is 6.33 Å². The molecule has 5 nitrogen and oxygen atoms in total. The molecule has 96 valence electrons. The molecule has 6 heteroatoms. The Hall–Kier alpha value is -1.27. The number of aromatic nitrogens is 2. The van der Waals surface area contributed by atoms with Gasteiger partial charge >= 0.3 is 0 Å². The SMILES string of the molecule is CCc1ncnc(NCCNCC(C)O)c1F. The van der Waals surface area contributed by atoms with E-state index in [-0.39, 0.29) is 17.7 Å². The van der Waals surface area contributed by atoms with Crippen molar-refractivity contribution in [3.8, 4) is 0 Å². The van der Waals surface area contributed by atoms with E-state index in [2.05, 4.69) is 20.6 Å². The number of hydrogen-bond acceptors (Lipinski definition) is 5. The van der Waals surface area contributed by atoms with Crippen LogP contribution < -0.4 is 10.6 Å². The van der Waals surface area contributed by atoms with Gasteiger partial charge in [-0.05, 0) is 13.3 Å². The van der Waals surface area contributed by atoms with Crippen LogP contribution in [0.3, 0.4) is 0 Å². The smallest absolute Gasteiger partial charge is 0.186 e. The van der Waals surface area contributed by atoms with Gasteiger partial charge in [-0.25, -0.2) is 14.4 Å². The number of nitrogens with zero attached hydrogens (tertiary/aromatic N) is 2. The Morgan fingerprint density at radius 3 is 2.82 bits per heavy atom. The molecule has 0 saturated heterocycles. The van der Waals surface area contributed by atoms with Crippen LogP contribution in [0, 0.1) is 5.82 Å². The van der Waals surface area contributed by atoms with E-state index < -0.39 is 0 Å². The van der Waals surface area contributed by atoms with Crippen LogP contribution in [-0.4, -0.2) is 40.8 Å². The summed E-state index contributed by atoms with van der Waals surface area (Å²) >= 11 is 0. The number of anilines is 1. The Balaban J connectivity index is 2.36. The van der Waals surface area contributed by atoms with Gasteiger partial charge in [0.2, 0.25) is 0 Å². The van der Waals surface area contributed by atoms with E-state index in [0.717, 1.165) is 0 Å². The van der Waals surface area contributed by atoms with Crippen molar-refractivity contribution in [2.75, 3.05) is 25.0 Å². The van der Waals surface area contributed by atoms with Crippen LogP contribution in [0.4, 0.5) is 10.2 Å². The Morgan fingerprint density at radius 1 is 1.41 bits per heavy atom. The van der Waals surface area contributed by atoms with Gasteiger partial charge in [0.1, 0.15) is 6.33 Å². The maximum Gasteiger partial charge on any atom is 0.186 e. The second-order valence-corrected chi connectivity index (χ2v) is 3.82. The van der Waals surface area contributed by atoms with Gasteiger partial charge in [-0.15, -0.1) is 0 Å². The molecule has 1 atom stereocenters. The molecular formula is C11H19FN4O. The summed E-state index contributed by atoms with van der Waals surface area (Å²) in [5.74, 6) is -0.152. The van der Waals surface area contributed by atoms with Crippen molar-refractivity contribution in [3.63, 3.8) is 0 Å². The third kappa shape index (κ3) is 4.62. The summed E-state index contributed by atoms with van der Waals surface area (Å²) in [5, 5.41) is 14.9. The molecule has 0 bridgehead atoms. The first-order valence-corrected chi connectivity index (χ1v) is 5.77. The highest BCUT2D eigenvalue weighted by Crippen LogP contribution is 2.12. The average molecular weight is 242 g/mol. The second-order valence-electron chi connectivity index (χ2n) is 3.82. The van der Waals surface area contributed by atoms with E-state index in [0.29, 0.717) is 31.7 Å². The topological polar surface area (TPSA) is 70.1 Å². The summed E-state index contributed by atoms with van der Waals surface area (Å²) in [6.45, 7) is 5.26. The molecular weight excluding hydrogens is 223 g/mol. The van der Waals surface area contributed by atoms with Gasteiger partial charge in [0.15, 0.2) is 11.6 Å². The lowest BCUT2D eigenvalue weighted by molar-refractivity contribution is 0.192. The van der Waals surface area contributed by atoms with Crippen LogP contribution in [0.5, 0.6) is 0 Å². The largest absolute Gasteiger partial charge is 0.392 e. The minimum absolute atomic E-state index is 0.232. The van der Waals surface area contributed by atoms with Crippen LogP contribution in [0.1, 0.15) is 19.5 Å². The molecule has 0 aliphatic heterocycles. The third-order valence-corrected chi connectivity index (χ3v) is 2.23. The summed E-state index contributed by atoms with van der Waals surface area (Å²) in [4.78, 5) is 7.70. The van der Waals surface area contributed by atoms with Crippen molar-refractivity contribution in [2.45, 2.75) is 26.4 Å². The Kier molecular flexibility index (Phi) is 5.79. The highest BCUT2D eigenvalue weighted by molar-refractivity contribution is 5.37. The van der Waals surface area contributed by atoms with Crippen LogP contribution in [-0.2, 0) is 6.42 Å². The van der Waals surface area contributed by atoms with Gasteiger partial charge < -0.3 is 15.7 Å². The zero-order valence-electron chi connectivity index (χ0n) is 10.2. The molecule has 1 unspecified atom stereocenters. The zero-order valence-corrected chi connectivity index (χ0v) is 10.2. The number of rotatable bonds is 7. The number of aryl methyl sites for hydroxylation is 1. The number of aliphatic hydroxyl groups is 1. The van der Waals surface area contributed by atoms with Crippen molar-refractivity contribution in [2.24, 2.45) is 0 Å². The van der Waals surface area contributed by atoms with Crippen LogP contribution in [0.25, 0.3) is 0 Å². The molecule has 1 aromatic heterocycles. The Labute approximate surface area is 100 Å². The van der Waals surface area contributed by atoms with Gasteiger partial charge in [0.25, 0.3) is 0 Å². The second kappa shape index (κ2) is 7.13. The molecule has 1 rings (SSSR count). The summed E-state index contributed by atoms with van der Waals surface area (Å²) in [6, 6.07) is 0. The fourth-order valence-corrected chi connectivity index (χ4v) is 1.36. The first-order valence-electron chi connectivity index (χ1n) is 5.77. The first-order chi connectivity index (χ1) is 8.15. The predicted molar refractivity (Wildman–Crippen MR) is 64.4 cm³/mol. The monoisotopic (exact) mass is 242 g/mol. The van der Waals surface area contributed by atoms with Gasteiger partial charge in [-0.2, -0.15) is 0 Å². The van der Waals surface area contributed by atoms with E-state index in [4.69, 9.17) is 5.11 Å². The highest BCUT2D eigenvalue weighted by atomic mass is 19.1. The maximum atomic E-state index is 13.7. The van der Waals surface area contributed by atoms with Crippen LogP contribution >= 0.6 is 0 Å². The molecule has 0 aromatic carbocycles. The molecule has 0 fully saturated rings. The molecule has 0 spiro atoms. The number of aliphatic hydroxyl groups excluding tert-OH is 1. The molecule has 0 aliphatic carbocycles.